The fourth-order valence-electron chi connectivity index (χ4n) is 3.87. The van der Waals surface area contributed by atoms with Gasteiger partial charge in [-0.2, -0.15) is 9.41 Å². The number of carbonyl (C=O) groups is 1. The molecule has 4 rings (SSSR count). The summed E-state index contributed by atoms with van der Waals surface area (Å²) in [5.74, 6) is 0.507. The summed E-state index contributed by atoms with van der Waals surface area (Å²) < 4.78 is 40.1. The molecule has 0 aromatic heterocycles. The molecule has 0 aliphatic rings. The van der Waals surface area contributed by atoms with Crippen molar-refractivity contribution >= 4 is 38.1 Å². The normalized spacial score (nSPS) is 11.5. The van der Waals surface area contributed by atoms with E-state index in [0.29, 0.717) is 23.7 Å². The first-order chi connectivity index (χ1) is 19.7. The SMILES string of the molecule is COc1cc(/C=N\NC(=O)CN(Cc2ccc(C)cc2)S(=O)(=O)c2ccc(Br)cc2)ccc1OCc1ccccc1. The smallest absolute Gasteiger partial charge is 0.255 e. The van der Waals surface area contributed by atoms with Crippen LogP contribution in [0, 0.1) is 6.92 Å². The van der Waals surface area contributed by atoms with E-state index < -0.39 is 22.5 Å². The predicted molar refractivity (Wildman–Crippen MR) is 162 cm³/mol. The fraction of sp³-hybridized carbons (Fsp3) is 0.161. The van der Waals surface area contributed by atoms with Crippen LogP contribution in [0.1, 0.15) is 22.3 Å². The zero-order chi connectivity index (χ0) is 29.2. The quantitative estimate of drug-likeness (QED) is 0.159. The van der Waals surface area contributed by atoms with E-state index in [4.69, 9.17) is 9.47 Å². The number of ether oxygens (including phenoxy) is 2. The number of nitrogens with zero attached hydrogens (tertiary/aromatic N) is 2. The van der Waals surface area contributed by atoms with Crippen molar-refractivity contribution in [2.45, 2.75) is 25.0 Å². The predicted octanol–water partition coefficient (Wildman–Crippen LogP) is 5.69. The number of halogens is 1. The van der Waals surface area contributed by atoms with Crippen LogP contribution < -0.4 is 14.9 Å². The Morgan fingerprint density at radius 3 is 2.32 bits per heavy atom. The van der Waals surface area contributed by atoms with Crippen LogP contribution in [0.2, 0.25) is 0 Å². The molecule has 4 aromatic carbocycles. The lowest BCUT2D eigenvalue weighted by atomic mass is 10.1. The van der Waals surface area contributed by atoms with E-state index in [2.05, 4.69) is 26.5 Å². The first-order valence-electron chi connectivity index (χ1n) is 12.7. The molecule has 8 nitrogen and oxygen atoms in total. The Kier molecular flexibility index (Phi) is 10.3. The molecule has 41 heavy (non-hydrogen) atoms. The minimum atomic E-state index is -3.97. The van der Waals surface area contributed by atoms with Crippen LogP contribution in [0.4, 0.5) is 0 Å². The van der Waals surface area contributed by atoms with Crippen LogP contribution in [0.3, 0.4) is 0 Å². The van der Waals surface area contributed by atoms with Crippen LogP contribution in [-0.2, 0) is 28.0 Å². The van der Waals surface area contributed by atoms with Crippen molar-refractivity contribution in [1.82, 2.24) is 9.73 Å². The van der Waals surface area contributed by atoms with Gasteiger partial charge in [0, 0.05) is 11.0 Å². The molecule has 0 atom stereocenters. The molecule has 10 heteroatoms. The third-order valence-electron chi connectivity index (χ3n) is 6.08. The third-order valence-corrected chi connectivity index (χ3v) is 8.41. The molecule has 0 radical (unpaired) electrons. The number of carbonyl (C=O) groups excluding carboxylic acids is 1. The molecule has 4 aromatic rings. The molecule has 0 saturated heterocycles. The van der Waals surface area contributed by atoms with Crippen LogP contribution in [0.5, 0.6) is 11.5 Å². The standard InChI is InChI=1S/C31H30BrN3O5S/c1-23-8-10-24(11-9-23)20-35(41(37,38)28-15-13-27(32)14-16-28)21-31(36)34-33-19-26-12-17-29(30(18-26)39-2)40-22-25-6-4-3-5-7-25/h3-19H,20-22H2,1-2H3,(H,34,36)/b33-19-. The Balaban J connectivity index is 1.43. The van der Waals surface area contributed by atoms with E-state index in [-0.39, 0.29) is 11.4 Å². The van der Waals surface area contributed by atoms with Crippen LogP contribution in [-0.4, -0.2) is 38.5 Å². The molecule has 212 valence electrons. The Bertz CT molecular complexity index is 1590. The molecular formula is C31H30BrN3O5S. The average molecular weight is 637 g/mol. The van der Waals surface area contributed by atoms with Gasteiger partial charge < -0.3 is 9.47 Å². The lowest BCUT2D eigenvalue weighted by molar-refractivity contribution is -0.121. The molecule has 0 fully saturated rings. The summed E-state index contributed by atoms with van der Waals surface area (Å²) >= 11 is 3.32. The van der Waals surface area contributed by atoms with Crippen LogP contribution >= 0.6 is 15.9 Å². The maximum atomic E-state index is 13.5. The summed E-state index contributed by atoms with van der Waals surface area (Å²) in [4.78, 5) is 12.9. The fourth-order valence-corrected chi connectivity index (χ4v) is 5.52. The Labute approximate surface area is 248 Å². The molecule has 0 saturated carbocycles. The first kappa shape index (κ1) is 30.0. The Hall–Kier alpha value is -3.99. The van der Waals surface area contributed by atoms with E-state index in [9.17, 15) is 13.2 Å². The number of methoxy groups -OCH3 is 1. The summed E-state index contributed by atoms with van der Waals surface area (Å²) in [5.41, 5.74) is 5.93. The van der Waals surface area contributed by atoms with Crippen LogP contribution in [0.25, 0.3) is 0 Å². The number of hydrogen-bond donors (Lipinski definition) is 1. The lowest BCUT2D eigenvalue weighted by Gasteiger charge is -2.21. The van der Waals surface area contributed by atoms with E-state index in [0.717, 1.165) is 25.5 Å². The number of sulfonamides is 1. The van der Waals surface area contributed by atoms with E-state index >= 15 is 0 Å². The number of aryl methyl sites for hydroxylation is 1. The zero-order valence-electron chi connectivity index (χ0n) is 22.7. The second-order valence-electron chi connectivity index (χ2n) is 9.19. The summed E-state index contributed by atoms with van der Waals surface area (Å²) in [7, 11) is -2.42. The Morgan fingerprint density at radius 2 is 1.63 bits per heavy atom. The van der Waals surface area contributed by atoms with Gasteiger partial charge in [0.2, 0.25) is 10.0 Å². The molecule has 0 heterocycles. The highest BCUT2D eigenvalue weighted by Crippen LogP contribution is 2.28. The average Bonchev–Trinajstić information content (AvgIpc) is 2.98. The van der Waals surface area contributed by atoms with Gasteiger partial charge in [0.1, 0.15) is 6.61 Å². The molecular weight excluding hydrogens is 606 g/mol. The number of amides is 1. The number of benzene rings is 4. The Morgan fingerprint density at radius 1 is 0.927 bits per heavy atom. The van der Waals surface area contributed by atoms with Gasteiger partial charge in [0.15, 0.2) is 11.5 Å². The van der Waals surface area contributed by atoms with Gasteiger partial charge >= 0.3 is 0 Å². The largest absolute Gasteiger partial charge is 0.493 e. The second kappa shape index (κ2) is 14.1. The van der Waals surface area contributed by atoms with Gasteiger partial charge in [-0.15, -0.1) is 0 Å². The maximum Gasteiger partial charge on any atom is 0.255 e. The van der Waals surface area contributed by atoms with Crippen molar-refractivity contribution in [2.24, 2.45) is 5.10 Å². The third kappa shape index (κ3) is 8.50. The molecule has 0 aliphatic heterocycles. The highest BCUT2D eigenvalue weighted by molar-refractivity contribution is 9.10. The monoisotopic (exact) mass is 635 g/mol. The van der Waals surface area contributed by atoms with Gasteiger partial charge in [-0.1, -0.05) is 76.1 Å². The molecule has 0 bridgehead atoms. The number of rotatable bonds is 12. The molecule has 0 aliphatic carbocycles. The topological polar surface area (TPSA) is 97.3 Å². The van der Waals surface area contributed by atoms with Crippen molar-refractivity contribution in [1.29, 1.82) is 0 Å². The second-order valence-corrected chi connectivity index (χ2v) is 12.0. The lowest BCUT2D eigenvalue weighted by Crippen LogP contribution is -2.39. The highest BCUT2D eigenvalue weighted by Gasteiger charge is 2.27. The summed E-state index contributed by atoms with van der Waals surface area (Å²) in [6, 6.07) is 28.8. The summed E-state index contributed by atoms with van der Waals surface area (Å²) in [6.07, 6.45) is 1.45. The van der Waals surface area contributed by atoms with Gasteiger partial charge in [-0.3, -0.25) is 4.79 Å². The van der Waals surface area contributed by atoms with E-state index in [1.165, 1.54) is 18.3 Å². The number of nitrogens with one attached hydrogen (secondary N) is 1. The maximum absolute atomic E-state index is 13.5. The summed E-state index contributed by atoms with van der Waals surface area (Å²) in [6.45, 7) is 1.95. The number of hydrazone groups is 1. The van der Waals surface area contributed by atoms with Gasteiger partial charge in [0.05, 0.1) is 24.8 Å². The van der Waals surface area contributed by atoms with Crippen molar-refractivity contribution in [3.8, 4) is 11.5 Å². The number of hydrogen-bond acceptors (Lipinski definition) is 6. The van der Waals surface area contributed by atoms with Crippen molar-refractivity contribution in [2.75, 3.05) is 13.7 Å². The van der Waals surface area contributed by atoms with Gasteiger partial charge in [-0.25, -0.2) is 13.8 Å². The highest BCUT2D eigenvalue weighted by atomic mass is 79.9. The van der Waals surface area contributed by atoms with E-state index in [1.54, 1.807) is 37.4 Å². The van der Waals surface area contributed by atoms with Gasteiger partial charge in [-0.05, 0) is 66.1 Å². The first-order valence-corrected chi connectivity index (χ1v) is 15.0. The van der Waals surface area contributed by atoms with Gasteiger partial charge in [0.25, 0.3) is 5.91 Å². The van der Waals surface area contributed by atoms with Crippen molar-refractivity contribution in [3.63, 3.8) is 0 Å². The molecule has 0 unspecified atom stereocenters. The van der Waals surface area contributed by atoms with Crippen molar-refractivity contribution < 1.29 is 22.7 Å². The molecule has 0 spiro atoms. The van der Waals surface area contributed by atoms with Crippen molar-refractivity contribution in [3.05, 3.63) is 124 Å². The van der Waals surface area contributed by atoms with Crippen LogP contribution in [0.15, 0.2) is 112 Å². The minimum absolute atomic E-state index is 0.0253. The zero-order valence-corrected chi connectivity index (χ0v) is 25.1. The van der Waals surface area contributed by atoms with E-state index in [1.807, 2.05) is 61.5 Å². The molecule has 1 amide bonds. The summed E-state index contributed by atoms with van der Waals surface area (Å²) in [5, 5.41) is 4.03. The molecule has 1 N–H and O–H groups in total. The minimum Gasteiger partial charge on any atom is -0.493 e.